The van der Waals surface area contributed by atoms with Crippen molar-refractivity contribution in [1.29, 1.82) is 0 Å². The van der Waals surface area contributed by atoms with Gasteiger partial charge in [0.1, 0.15) is 12.6 Å². The summed E-state index contributed by atoms with van der Waals surface area (Å²) in [6, 6.07) is 7.78. The summed E-state index contributed by atoms with van der Waals surface area (Å²) in [5.41, 5.74) is 0.723. The van der Waals surface area contributed by atoms with Crippen LogP contribution < -0.4 is 25.7 Å². The smallest absolute Gasteiger partial charge is 0.261 e. The molecule has 0 saturated heterocycles. The minimum Gasteiger partial charge on any atom is -0.493 e. The average molecular weight is 453 g/mol. The molecule has 0 bridgehead atoms. The topological polar surface area (TPSA) is 124 Å². The fraction of sp³-hybridized carbons (Fsp3) is 0.348. The van der Waals surface area contributed by atoms with Crippen LogP contribution in [0.1, 0.15) is 19.5 Å². The maximum Gasteiger partial charge on any atom is 0.261 e. The molecule has 0 unspecified atom stereocenters. The molecule has 0 aliphatic heterocycles. The largest absolute Gasteiger partial charge is 0.493 e. The Kier molecular flexibility index (Phi) is 7.60. The number of nitrogens with zero attached hydrogens (tertiary/aromatic N) is 3. The summed E-state index contributed by atoms with van der Waals surface area (Å²) in [7, 11) is 2.96. The molecule has 174 valence electrons. The summed E-state index contributed by atoms with van der Waals surface area (Å²) in [6.45, 7) is 3.62. The van der Waals surface area contributed by atoms with Gasteiger partial charge in [0.2, 0.25) is 11.8 Å². The van der Waals surface area contributed by atoms with E-state index in [1.54, 1.807) is 24.4 Å². The Balaban J connectivity index is 1.73. The molecule has 2 amide bonds. The van der Waals surface area contributed by atoms with Crippen molar-refractivity contribution >= 4 is 22.7 Å². The highest BCUT2D eigenvalue weighted by molar-refractivity contribution is 5.88. The minimum absolute atomic E-state index is 0.166. The number of hydrogen-bond acceptors (Lipinski definition) is 7. The third-order valence-corrected chi connectivity index (χ3v) is 5.08. The first-order valence-corrected chi connectivity index (χ1v) is 10.4. The first kappa shape index (κ1) is 23.7. The third-order valence-electron chi connectivity index (χ3n) is 5.08. The van der Waals surface area contributed by atoms with E-state index in [-0.39, 0.29) is 30.3 Å². The zero-order valence-electron chi connectivity index (χ0n) is 19.0. The Bertz CT molecular complexity index is 1190. The number of carbonyl (C=O) groups is 2. The summed E-state index contributed by atoms with van der Waals surface area (Å²) >= 11 is 0. The van der Waals surface area contributed by atoms with Crippen LogP contribution in [0.25, 0.3) is 10.9 Å². The molecule has 2 aromatic heterocycles. The van der Waals surface area contributed by atoms with Crippen LogP contribution in [-0.2, 0) is 22.7 Å². The van der Waals surface area contributed by atoms with Crippen LogP contribution in [0, 0.1) is 5.92 Å². The molecule has 0 saturated carbocycles. The van der Waals surface area contributed by atoms with Crippen molar-refractivity contribution in [1.82, 2.24) is 25.2 Å². The van der Waals surface area contributed by atoms with Gasteiger partial charge in [-0.1, -0.05) is 19.9 Å². The molecule has 0 aliphatic carbocycles. The predicted molar refractivity (Wildman–Crippen MR) is 122 cm³/mol. The maximum atomic E-state index is 12.9. The fourth-order valence-electron chi connectivity index (χ4n) is 3.30. The molecule has 2 heterocycles. The van der Waals surface area contributed by atoms with Crippen LogP contribution in [0.15, 0.2) is 47.7 Å². The summed E-state index contributed by atoms with van der Waals surface area (Å²) in [4.78, 5) is 46.7. The molecule has 0 radical (unpaired) electrons. The van der Waals surface area contributed by atoms with Crippen molar-refractivity contribution in [3.63, 3.8) is 0 Å². The molecule has 1 aromatic carbocycles. The highest BCUT2D eigenvalue weighted by Crippen LogP contribution is 2.29. The van der Waals surface area contributed by atoms with Crippen LogP contribution in [0.5, 0.6) is 11.5 Å². The molecule has 3 aromatic rings. The van der Waals surface area contributed by atoms with Gasteiger partial charge < -0.3 is 20.1 Å². The molecule has 0 spiro atoms. The Hall–Kier alpha value is -3.95. The van der Waals surface area contributed by atoms with E-state index < -0.39 is 17.5 Å². The van der Waals surface area contributed by atoms with Gasteiger partial charge in [0.15, 0.2) is 11.5 Å². The van der Waals surface area contributed by atoms with Crippen molar-refractivity contribution in [2.75, 3.05) is 14.2 Å². The minimum atomic E-state index is -0.769. The molecule has 33 heavy (non-hydrogen) atoms. The van der Waals surface area contributed by atoms with Gasteiger partial charge in [-0.3, -0.25) is 23.9 Å². The maximum absolute atomic E-state index is 12.9. The second-order valence-electron chi connectivity index (χ2n) is 7.73. The zero-order valence-corrected chi connectivity index (χ0v) is 19.0. The number of rotatable bonds is 9. The van der Waals surface area contributed by atoms with Crippen molar-refractivity contribution < 1.29 is 19.1 Å². The van der Waals surface area contributed by atoms with Crippen molar-refractivity contribution in [3.05, 3.63) is 58.9 Å². The number of methoxy groups -OCH3 is 2. The number of benzene rings is 1. The second kappa shape index (κ2) is 10.6. The predicted octanol–water partition coefficient (Wildman–Crippen LogP) is 1.27. The fourth-order valence-corrected chi connectivity index (χ4v) is 3.30. The SMILES string of the molecule is COc1cc2ncn(CC(=O)N[C@@H](C(=O)NCc3ccccn3)C(C)C)c(=O)c2cc1OC. The molecule has 1 atom stereocenters. The highest BCUT2D eigenvalue weighted by Gasteiger charge is 2.24. The molecule has 0 fully saturated rings. The number of ether oxygens (including phenoxy) is 2. The van der Waals surface area contributed by atoms with Gasteiger partial charge in [0, 0.05) is 12.3 Å². The Labute approximate surface area is 190 Å². The van der Waals surface area contributed by atoms with Crippen molar-refractivity contribution in [2.24, 2.45) is 5.92 Å². The van der Waals surface area contributed by atoms with Gasteiger partial charge in [-0.05, 0) is 24.1 Å². The van der Waals surface area contributed by atoms with E-state index in [4.69, 9.17) is 9.47 Å². The van der Waals surface area contributed by atoms with Crippen LogP contribution in [0.3, 0.4) is 0 Å². The van der Waals surface area contributed by atoms with E-state index >= 15 is 0 Å². The molecular weight excluding hydrogens is 426 g/mol. The number of aromatic nitrogens is 3. The monoisotopic (exact) mass is 453 g/mol. The number of carbonyl (C=O) groups excluding carboxylic acids is 2. The lowest BCUT2D eigenvalue weighted by Crippen LogP contribution is -2.50. The molecule has 0 aliphatic rings. The zero-order chi connectivity index (χ0) is 24.0. The van der Waals surface area contributed by atoms with E-state index in [0.29, 0.717) is 22.7 Å². The van der Waals surface area contributed by atoms with E-state index in [1.807, 2.05) is 19.9 Å². The lowest BCUT2D eigenvalue weighted by atomic mass is 10.0. The van der Waals surface area contributed by atoms with Gasteiger partial charge in [0.25, 0.3) is 5.56 Å². The van der Waals surface area contributed by atoms with Crippen molar-refractivity contribution in [2.45, 2.75) is 33.0 Å². The number of hydrogen-bond donors (Lipinski definition) is 2. The van der Waals surface area contributed by atoms with Crippen molar-refractivity contribution in [3.8, 4) is 11.5 Å². The van der Waals surface area contributed by atoms with E-state index in [9.17, 15) is 14.4 Å². The van der Waals surface area contributed by atoms with Crippen LogP contribution in [-0.4, -0.2) is 46.6 Å². The van der Waals surface area contributed by atoms with Crippen LogP contribution in [0.2, 0.25) is 0 Å². The number of pyridine rings is 1. The summed E-state index contributed by atoms with van der Waals surface area (Å²) in [5, 5.41) is 5.79. The van der Waals surface area contributed by atoms with E-state index in [0.717, 1.165) is 0 Å². The first-order chi connectivity index (χ1) is 15.8. The van der Waals surface area contributed by atoms with Gasteiger partial charge in [-0.2, -0.15) is 0 Å². The number of nitrogens with one attached hydrogen (secondary N) is 2. The Morgan fingerprint density at radius 2 is 1.82 bits per heavy atom. The van der Waals surface area contributed by atoms with Crippen LogP contribution >= 0.6 is 0 Å². The Morgan fingerprint density at radius 1 is 1.09 bits per heavy atom. The van der Waals surface area contributed by atoms with E-state index in [1.165, 1.54) is 31.2 Å². The molecule has 10 nitrogen and oxygen atoms in total. The second-order valence-corrected chi connectivity index (χ2v) is 7.73. The lowest BCUT2D eigenvalue weighted by Gasteiger charge is -2.22. The molecule has 3 rings (SSSR count). The molecular formula is C23H27N5O5. The van der Waals surface area contributed by atoms with Gasteiger partial charge in [-0.25, -0.2) is 4.98 Å². The number of fused-ring (bicyclic) bond motifs is 1. The molecule has 10 heteroatoms. The van der Waals surface area contributed by atoms with Gasteiger partial charge in [0.05, 0.1) is 43.7 Å². The van der Waals surface area contributed by atoms with Crippen LogP contribution in [0.4, 0.5) is 0 Å². The first-order valence-electron chi connectivity index (χ1n) is 10.4. The molecule has 2 N–H and O–H groups in total. The standard InChI is InChI=1S/C23H27N5O5/c1-14(2)21(22(30)25-11-15-7-5-6-8-24-15)27-20(29)12-28-13-26-17-10-19(33-4)18(32-3)9-16(17)23(28)31/h5-10,13-14,21H,11-12H2,1-4H3,(H,25,30)(H,27,29)/t21-/m1/s1. The van der Waals surface area contributed by atoms with E-state index in [2.05, 4.69) is 20.6 Å². The quantitative estimate of drug-likeness (QED) is 0.500. The normalized spacial score (nSPS) is 11.8. The Morgan fingerprint density at radius 3 is 2.45 bits per heavy atom. The average Bonchev–Trinajstić information content (AvgIpc) is 2.82. The third kappa shape index (κ3) is 5.65. The summed E-state index contributed by atoms with van der Waals surface area (Å²) in [6.07, 6.45) is 2.94. The lowest BCUT2D eigenvalue weighted by molar-refractivity contribution is -0.130. The highest BCUT2D eigenvalue weighted by atomic mass is 16.5. The number of amides is 2. The summed E-state index contributed by atoms with van der Waals surface area (Å²) in [5.74, 6) is -0.143. The van der Waals surface area contributed by atoms with Gasteiger partial charge >= 0.3 is 0 Å². The summed E-state index contributed by atoms with van der Waals surface area (Å²) < 4.78 is 11.7. The van der Waals surface area contributed by atoms with Gasteiger partial charge in [-0.15, -0.1) is 0 Å².